The minimum Gasteiger partial charge on any atom is -0.428 e. The van der Waals surface area contributed by atoms with E-state index in [1.807, 2.05) is 0 Å². The second kappa shape index (κ2) is 2.66. The average Bonchev–Trinajstić information content (AvgIpc) is 2.00. The highest BCUT2D eigenvalue weighted by molar-refractivity contribution is 8.23. The van der Waals surface area contributed by atoms with Crippen molar-refractivity contribution < 1.29 is 31.1 Å². The van der Waals surface area contributed by atoms with Gasteiger partial charge in [0, 0.05) is 11.8 Å². The van der Waals surface area contributed by atoms with Crippen molar-refractivity contribution in [3.05, 3.63) is 0 Å². The predicted octanol–water partition coefficient (Wildman–Crippen LogP) is 2.86. The molecule has 1 nitrogen and oxygen atoms in total. The molecule has 0 N–H and O–H groups in total. The van der Waals surface area contributed by atoms with Crippen LogP contribution in [0.5, 0.6) is 0 Å². The standard InChI is InChI=1S/C4F6OS2/c5-2(3(6,7)8)4(9,10)13-1(12)11-2. The summed E-state index contributed by atoms with van der Waals surface area (Å²) in [5.41, 5.74) is 0. The number of rotatable bonds is 0. The Hall–Kier alpha value is -0.180. The van der Waals surface area contributed by atoms with Gasteiger partial charge >= 0.3 is 17.3 Å². The maximum Gasteiger partial charge on any atom is 0.468 e. The molecule has 1 fully saturated rings. The maximum atomic E-state index is 12.6. The summed E-state index contributed by atoms with van der Waals surface area (Å²) in [6, 6.07) is 0. The zero-order valence-corrected chi connectivity index (χ0v) is 7.13. The molecule has 0 spiro atoms. The van der Waals surface area contributed by atoms with Crippen molar-refractivity contribution in [1.29, 1.82) is 0 Å². The van der Waals surface area contributed by atoms with Crippen LogP contribution in [0.25, 0.3) is 0 Å². The van der Waals surface area contributed by atoms with E-state index in [-0.39, 0.29) is 0 Å². The third-order valence-corrected chi connectivity index (χ3v) is 2.28. The lowest BCUT2D eigenvalue weighted by Crippen LogP contribution is -2.51. The molecular weight excluding hydrogens is 242 g/mol. The topological polar surface area (TPSA) is 9.23 Å². The predicted molar refractivity (Wildman–Crippen MR) is 36.1 cm³/mol. The lowest BCUT2D eigenvalue weighted by Gasteiger charge is -2.25. The molecule has 0 radical (unpaired) electrons. The van der Waals surface area contributed by atoms with Gasteiger partial charge in [-0.15, -0.1) is 0 Å². The first-order valence-electron chi connectivity index (χ1n) is 2.65. The SMILES string of the molecule is FC(F)(F)C1(F)OC(=S)SC1(F)F. The van der Waals surface area contributed by atoms with Crippen LogP contribution in [0.3, 0.4) is 0 Å². The van der Waals surface area contributed by atoms with Crippen LogP contribution in [0.1, 0.15) is 0 Å². The van der Waals surface area contributed by atoms with Crippen LogP contribution in [0.15, 0.2) is 0 Å². The van der Waals surface area contributed by atoms with Gasteiger partial charge in [-0.1, -0.05) is 0 Å². The zero-order chi connectivity index (χ0) is 10.5. The normalized spacial score (nSPS) is 33.2. The van der Waals surface area contributed by atoms with E-state index in [1.165, 1.54) is 0 Å². The summed E-state index contributed by atoms with van der Waals surface area (Å²) in [4.78, 5) is 0. The molecule has 0 aliphatic carbocycles. The quantitative estimate of drug-likeness (QED) is 0.477. The van der Waals surface area contributed by atoms with Gasteiger partial charge in [-0.25, -0.2) is 0 Å². The van der Waals surface area contributed by atoms with Gasteiger partial charge in [0.25, 0.3) is 0 Å². The van der Waals surface area contributed by atoms with Crippen molar-refractivity contribution in [3.8, 4) is 0 Å². The molecule has 0 amide bonds. The van der Waals surface area contributed by atoms with E-state index >= 15 is 0 Å². The second-order valence-electron chi connectivity index (χ2n) is 2.06. The largest absolute Gasteiger partial charge is 0.468 e. The molecule has 0 saturated carbocycles. The van der Waals surface area contributed by atoms with Gasteiger partial charge in [0.2, 0.25) is 4.38 Å². The molecule has 0 bridgehead atoms. The van der Waals surface area contributed by atoms with Gasteiger partial charge in [-0.05, 0) is 12.2 Å². The monoisotopic (exact) mass is 242 g/mol. The fraction of sp³-hybridized carbons (Fsp3) is 0.750. The van der Waals surface area contributed by atoms with Crippen LogP contribution in [0.2, 0.25) is 0 Å². The molecule has 1 unspecified atom stereocenters. The van der Waals surface area contributed by atoms with Crippen LogP contribution in [0.4, 0.5) is 26.3 Å². The first kappa shape index (κ1) is 10.9. The number of hydrogen-bond acceptors (Lipinski definition) is 3. The fourth-order valence-corrected chi connectivity index (χ4v) is 1.67. The maximum absolute atomic E-state index is 12.6. The lowest BCUT2D eigenvalue weighted by atomic mass is 10.3. The summed E-state index contributed by atoms with van der Waals surface area (Å²) in [7, 11) is 0. The Balaban J connectivity index is 3.10. The lowest BCUT2D eigenvalue weighted by molar-refractivity contribution is -0.348. The van der Waals surface area contributed by atoms with Gasteiger partial charge in [0.1, 0.15) is 0 Å². The smallest absolute Gasteiger partial charge is 0.428 e. The first-order valence-corrected chi connectivity index (χ1v) is 3.88. The summed E-state index contributed by atoms with van der Waals surface area (Å²) in [5, 5.41) is -4.73. The van der Waals surface area contributed by atoms with Crippen LogP contribution < -0.4 is 0 Å². The minimum atomic E-state index is -5.82. The number of alkyl halides is 6. The number of ether oxygens (including phenoxy) is 1. The third kappa shape index (κ3) is 1.47. The van der Waals surface area contributed by atoms with Crippen molar-refractivity contribution >= 4 is 28.4 Å². The molecule has 1 saturated heterocycles. The molecule has 13 heavy (non-hydrogen) atoms. The van der Waals surface area contributed by atoms with E-state index in [1.54, 1.807) is 0 Å². The Labute approximate surface area is 77.4 Å². The van der Waals surface area contributed by atoms with E-state index in [4.69, 9.17) is 0 Å². The van der Waals surface area contributed by atoms with Gasteiger partial charge in [0.15, 0.2) is 0 Å². The molecule has 1 aliphatic rings. The van der Waals surface area contributed by atoms with Crippen molar-refractivity contribution in [2.75, 3.05) is 0 Å². The van der Waals surface area contributed by atoms with Gasteiger partial charge in [0.05, 0.1) is 0 Å². The highest BCUT2D eigenvalue weighted by Gasteiger charge is 2.79. The van der Waals surface area contributed by atoms with E-state index in [2.05, 4.69) is 17.0 Å². The average molecular weight is 242 g/mol. The fourth-order valence-electron chi connectivity index (χ4n) is 0.588. The van der Waals surface area contributed by atoms with E-state index in [0.29, 0.717) is 0 Å². The van der Waals surface area contributed by atoms with Gasteiger partial charge < -0.3 is 4.74 Å². The van der Waals surface area contributed by atoms with Crippen LogP contribution in [-0.4, -0.2) is 21.7 Å². The molecule has 1 rings (SSSR count). The molecular formula is C4F6OS2. The van der Waals surface area contributed by atoms with Crippen LogP contribution >= 0.6 is 24.0 Å². The molecule has 1 aliphatic heterocycles. The number of hydrogen-bond donors (Lipinski definition) is 0. The molecule has 0 aromatic carbocycles. The van der Waals surface area contributed by atoms with Crippen molar-refractivity contribution in [2.24, 2.45) is 0 Å². The minimum absolute atomic E-state index is 0.763. The number of thioether (sulfide) groups is 1. The molecule has 0 aromatic heterocycles. The molecule has 1 heterocycles. The Bertz CT molecular complexity index is 250. The summed E-state index contributed by atoms with van der Waals surface area (Å²) < 4.78 is 74.8. The van der Waals surface area contributed by atoms with Crippen molar-refractivity contribution in [3.63, 3.8) is 0 Å². The van der Waals surface area contributed by atoms with Crippen molar-refractivity contribution in [1.82, 2.24) is 0 Å². The Morgan fingerprint density at radius 1 is 1.23 bits per heavy atom. The number of thiocarbonyl (C=S) groups is 1. The summed E-state index contributed by atoms with van der Waals surface area (Å²) >= 11 is 3.14. The third-order valence-electron chi connectivity index (χ3n) is 1.17. The highest BCUT2D eigenvalue weighted by atomic mass is 32.2. The van der Waals surface area contributed by atoms with E-state index in [0.717, 1.165) is 0 Å². The summed E-state index contributed by atoms with van der Waals surface area (Å²) in [6.45, 7) is 0. The highest BCUT2D eigenvalue weighted by Crippen LogP contribution is 2.57. The van der Waals surface area contributed by atoms with E-state index in [9.17, 15) is 26.3 Å². The first-order chi connectivity index (χ1) is 5.60. The van der Waals surface area contributed by atoms with Crippen LogP contribution in [0, 0.1) is 0 Å². The Morgan fingerprint density at radius 3 is 1.85 bits per heavy atom. The van der Waals surface area contributed by atoms with E-state index < -0.39 is 33.4 Å². The number of halogens is 6. The molecule has 0 aromatic rings. The molecule has 1 atom stereocenters. The summed E-state index contributed by atoms with van der Waals surface area (Å²) in [6.07, 6.45) is -5.82. The second-order valence-corrected chi connectivity index (χ2v) is 3.78. The zero-order valence-electron chi connectivity index (χ0n) is 5.49. The molecule has 9 heteroatoms. The Morgan fingerprint density at radius 2 is 1.69 bits per heavy atom. The van der Waals surface area contributed by atoms with Crippen molar-refractivity contribution in [2.45, 2.75) is 17.3 Å². The molecule has 76 valence electrons. The van der Waals surface area contributed by atoms with Crippen LogP contribution in [-0.2, 0) is 4.74 Å². The van der Waals surface area contributed by atoms with Gasteiger partial charge in [-0.2, -0.15) is 26.3 Å². The Kier molecular flexibility index (Phi) is 2.23. The van der Waals surface area contributed by atoms with Gasteiger partial charge in [-0.3, -0.25) is 0 Å². The summed E-state index contributed by atoms with van der Waals surface area (Å²) in [5.74, 6) is -5.01.